The summed E-state index contributed by atoms with van der Waals surface area (Å²) in [5.74, 6) is 1.37. The molecule has 1 aromatic rings. The predicted octanol–water partition coefficient (Wildman–Crippen LogP) is 1.39. The van der Waals surface area contributed by atoms with Gasteiger partial charge < -0.3 is 10.2 Å². The zero-order valence-electron chi connectivity index (χ0n) is 10.5. The monoisotopic (exact) mass is 234 g/mol. The van der Waals surface area contributed by atoms with Gasteiger partial charge in [0.25, 0.3) is 5.91 Å². The number of nitrogens with one attached hydrogen (secondary N) is 1. The third-order valence-corrected chi connectivity index (χ3v) is 2.99. The summed E-state index contributed by atoms with van der Waals surface area (Å²) < 4.78 is 0. The summed E-state index contributed by atoms with van der Waals surface area (Å²) in [5.41, 5.74) is 0.375. The van der Waals surface area contributed by atoms with E-state index >= 15 is 0 Å². The Hall–Kier alpha value is -1.65. The molecule has 17 heavy (non-hydrogen) atoms. The molecular formula is C12H18N4O. The number of hydrogen-bond donors (Lipinski definition) is 1. The molecule has 0 aliphatic heterocycles. The molecule has 1 aliphatic rings. The van der Waals surface area contributed by atoms with Crippen LogP contribution in [0.5, 0.6) is 0 Å². The molecular weight excluding hydrogens is 216 g/mol. The van der Waals surface area contributed by atoms with E-state index in [4.69, 9.17) is 0 Å². The molecule has 1 atom stereocenters. The van der Waals surface area contributed by atoms with Gasteiger partial charge in [-0.25, -0.2) is 0 Å². The predicted molar refractivity (Wildman–Crippen MR) is 65.9 cm³/mol. The van der Waals surface area contributed by atoms with Crippen LogP contribution in [-0.2, 0) is 0 Å². The summed E-state index contributed by atoms with van der Waals surface area (Å²) >= 11 is 0. The molecule has 1 heterocycles. The van der Waals surface area contributed by atoms with Crippen LogP contribution in [0.1, 0.15) is 30.3 Å². The maximum Gasteiger partial charge on any atom is 0.273 e. The van der Waals surface area contributed by atoms with Crippen molar-refractivity contribution in [1.29, 1.82) is 0 Å². The van der Waals surface area contributed by atoms with Gasteiger partial charge in [0.05, 0.1) is 0 Å². The van der Waals surface area contributed by atoms with Gasteiger partial charge in [0.15, 0.2) is 5.69 Å². The van der Waals surface area contributed by atoms with Gasteiger partial charge in [-0.2, -0.15) is 0 Å². The standard InChI is InChI=1S/C12H18N4O/c1-8(9-4-5-9)13-11-7-6-10(14-15-11)12(17)16(2)3/h6-9H,4-5H2,1-3H3,(H,13,15). The van der Waals surface area contributed by atoms with Crippen molar-refractivity contribution in [2.75, 3.05) is 19.4 Å². The van der Waals surface area contributed by atoms with Crippen LogP contribution in [0.2, 0.25) is 0 Å². The third kappa shape index (κ3) is 2.93. The fourth-order valence-electron chi connectivity index (χ4n) is 1.70. The first-order valence-corrected chi connectivity index (χ1v) is 5.90. The maximum atomic E-state index is 11.6. The molecule has 1 fully saturated rings. The number of rotatable bonds is 4. The SMILES string of the molecule is CC(Nc1ccc(C(=O)N(C)C)nn1)C1CC1. The molecule has 0 aromatic carbocycles. The zero-order valence-corrected chi connectivity index (χ0v) is 10.5. The molecule has 0 bridgehead atoms. The second kappa shape index (κ2) is 4.69. The van der Waals surface area contributed by atoms with Crippen LogP contribution in [0.25, 0.3) is 0 Å². The highest BCUT2D eigenvalue weighted by Crippen LogP contribution is 2.33. The number of carbonyl (C=O) groups is 1. The van der Waals surface area contributed by atoms with Gasteiger partial charge in [-0.15, -0.1) is 10.2 Å². The molecule has 1 aliphatic carbocycles. The van der Waals surface area contributed by atoms with E-state index in [9.17, 15) is 4.79 Å². The van der Waals surface area contributed by atoms with Crippen molar-refractivity contribution in [2.45, 2.75) is 25.8 Å². The Morgan fingerprint density at radius 2 is 2.12 bits per heavy atom. The average molecular weight is 234 g/mol. The molecule has 1 unspecified atom stereocenters. The summed E-state index contributed by atoms with van der Waals surface area (Å²) in [6, 6.07) is 3.94. The minimum atomic E-state index is -0.126. The molecule has 0 radical (unpaired) electrons. The van der Waals surface area contributed by atoms with Crippen LogP contribution in [-0.4, -0.2) is 41.1 Å². The third-order valence-electron chi connectivity index (χ3n) is 2.99. The van der Waals surface area contributed by atoms with Crippen LogP contribution in [0.4, 0.5) is 5.82 Å². The van der Waals surface area contributed by atoms with Gasteiger partial charge in [0, 0.05) is 20.1 Å². The topological polar surface area (TPSA) is 58.1 Å². The normalized spacial score (nSPS) is 16.4. The van der Waals surface area contributed by atoms with E-state index in [1.54, 1.807) is 20.2 Å². The maximum absolute atomic E-state index is 11.6. The molecule has 1 aromatic heterocycles. The molecule has 0 spiro atoms. The Morgan fingerprint density at radius 3 is 2.59 bits per heavy atom. The highest BCUT2D eigenvalue weighted by atomic mass is 16.2. The van der Waals surface area contributed by atoms with Crippen molar-refractivity contribution in [3.63, 3.8) is 0 Å². The number of hydrogen-bond acceptors (Lipinski definition) is 4. The van der Waals surface area contributed by atoms with Crippen molar-refractivity contribution < 1.29 is 4.79 Å². The Bertz CT molecular complexity index is 397. The largest absolute Gasteiger partial charge is 0.366 e. The number of aromatic nitrogens is 2. The summed E-state index contributed by atoms with van der Waals surface area (Å²) in [6.07, 6.45) is 2.58. The lowest BCUT2D eigenvalue weighted by atomic mass is 10.2. The number of nitrogens with zero attached hydrogens (tertiary/aromatic N) is 3. The molecule has 5 nitrogen and oxygen atoms in total. The van der Waals surface area contributed by atoms with Gasteiger partial charge in [-0.3, -0.25) is 4.79 Å². The van der Waals surface area contributed by atoms with Gasteiger partial charge >= 0.3 is 0 Å². The van der Waals surface area contributed by atoms with Crippen LogP contribution in [0, 0.1) is 5.92 Å². The van der Waals surface area contributed by atoms with Crippen molar-refractivity contribution >= 4 is 11.7 Å². The zero-order chi connectivity index (χ0) is 12.4. The van der Waals surface area contributed by atoms with Crippen LogP contribution in [0.15, 0.2) is 12.1 Å². The van der Waals surface area contributed by atoms with Gasteiger partial charge in [-0.05, 0) is 37.8 Å². The van der Waals surface area contributed by atoms with Gasteiger partial charge in [-0.1, -0.05) is 0 Å². The summed E-state index contributed by atoms with van der Waals surface area (Å²) in [6.45, 7) is 2.15. The molecule has 1 amide bonds. The van der Waals surface area contributed by atoms with Crippen LogP contribution >= 0.6 is 0 Å². The van der Waals surface area contributed by atoms with E-state index in [-0.39, 0.29) is 5.91 Å². The highest BCUT2D eigenvalue weighted by molar-refractivity contribution is 5.91. The molecule has 0 saturated heterocycles. The summed E-state index contributed by atoms with van der Waals surface area (Å²) in [5, 5.41) is 11.3. The Morgan fingerprint density at radius 1 is 1.41 bits per heavy atom. The van der Waals surface area contributed by atoms with Crippen molar-refractivity contribution in [3.8, 4) is 0 Å². The lowest BCUT2D eigenvalue weighted by molar-refractivity contribution is 0.0821. The van der Waals surface area contributed by atoms with Crippen molar-refractivity contribution in [3.05, 3.63) is 17.8 Å². The van der Waals surface area contributed by atoms with E-state index in [0.717, 1.165) is 11.7 Å². The summed E-state index contributed by atoms with van der Waals surface area (Å²) in [4.78, 5) is 13.1. The first-order valence-electron chi connectivity index (χ1n) is 5.90. The first kappa shape index (κ1) is 11.8. The van der Waals surface area contributed by atoms with E-state index in [0.29, 0.717) is 11.7 Å². The van der Waals surface area contributed by atoms with Crippen LogP contribution in [0.3, 0.4) is 0 Å². The quantitative estimate of drug-likeness (QED) is 0.855. The molecule has 5 heteroatoms. The minimum Gasteiger partial charge on any atom is -0.366 e. The smallest absolute Gasteiger partial charge is 0.273 e. The molecule has 1 saturated carbocycles. The fourth-order valence-corrected chi connectivity index (χ4v) is 1.70. The lowest BCUT2D eigenvalue weighted by Gasteiger charge is -2.13. The summed E-state index contributed by atoms with van der Waals surface area (Å²) in [7, 11) is 3.40. The van der Waals surface area contributed by atoms with E-state index < -0.39 is 0 Å². The molecule has 92 valence electrons. The Balaban J connectivity index is 1.99. The second-order valence-electron chi connectivity index (χ2n) is 4.77. The number of carbonyl (C=O) groups excluding carboxylic acids is 1. The Kier molecular flexibility index (Phi) is 3.26. The van der Waals surface area contributed by atoms with E-state index in [2.05, 4.69) is 22.4 Å². The molecule has 2 rings (SSSR count). The van der Waals surface area contributed by atoms with Gasteiger partial charge in [0.1, 0.15) is 5.82 Å². The number of anilines is 1. The van der Waals surface area contributed by atoms with Crippen molar-refractivity contribution in [1.82, 2.24) is 15.1 Å². The highest BCUT2D eigenvalue weighted by Gasteiger charge is 2.28. The van der Waals surface area contributed by atoms with Gasteiger partial charge in [0.2, 0.25) is 0 Å². The second-order valence-corrected chi connectivity index (χ2v) is 4.77. The van der Waals surface area contributed by atoms with Crippen LogP contribution < -0.4 is 5.32 Å². The van der Waals surface area contributed by atoms with Crippen molar-refractivity contribution in [2.24, 2.45) is 5.92 Å². The Labute approximate surface area is 101 Å². The fraction of sp³-hybridized carbons (Fsp3) is 0.583. The first-order chi connectivity index (χ1) is 8.08. The average Bonchev–Trinajstić information content (AvgIpc) is 3.12. The molecule has 1 N–H and O–H groups in total. The van der Waals surface area contributed by atoms with E-state index in [1.807, 2.05) is 6.07 Å². The van der Waals surface area contributed by atoms with E-state index in [1.165, 1.54) is 17.7 Å². The lowest BCUT2D eigenvalue weighted by Crippen LogP contribution is -2.24. The minimum absolute atomic E-state index is 0.126. The number of amides is 1.